The molecule has 41 heavy (non-hydrogen) atoms. The Balaban J connectivity index is 1.19. The van der Waals surface area contributed by atoms with E-state index in [1.807, 2.05) is 54.8 Å². The number of ether oxygens (including phenoxy) is 1. The number of likely N-dealkylation sites (tertiary alicyclic amines) is 3. The van der Waals surface area contributed by atoms with E-state index in [9.17, 15) is 14.4 Å². The van der Waals surface area contributed by atoms with Crippen molar-refractivity contribution in [1.82, 2.24) is 25.3 Å². The first-order valence-corrected chi connectivity index (χ1v) is 15.6. The maximum Gasteiger partial charge on any atom is 0.408 e. The Hall–Kier alpha value is -2.85. The summed E-state index contributed by atoms with van der Waals surface area (Å²) in [4.78, 5) is 47.8. The molecule has 226 valence electrons. The molecule has 10 heteroatoms. The van der Waals surface area contributed by atoms with Gasteiger partial charge < -0.3 is 25.2 Å². The number of rotatable bonds is 6. The minimum Gasteiger partial charge on any atom is -0.444 e. The average Bonchev–Trinajstić information content (AvgIpc) is 2.96. The molecule has 1 aromatic carbocycles. The van der Waals surface area contributed by atoms with Crippen molar-refractivity contribution in [2.45, 2.75) is 103 Å². The second-order valence-corrected chi connectivity index (χ2v) is 13.0. The first-order chi connectivity index (χ1) is 19.7. The second-order valence-electron chi connectivity index (χ2n) is 13.0. The number of carbonyl (C=O) groups is 3. The van der Waals surface area contributed by atoms with Gasteiger partial charge in [0.1, 0.15) is 5.60 Å². The molecule has 3 saturated heterocycles. The van der Waals surface area contributed by atoms with E-state index in [1.165, 1.54) is 32.4 Å². The van der Waals surface area contributed by atoms with Crippen molar-refractivity contribution in [3.63, 3.8) is 0 Å². The second kappa shape index (κ2) is 13.0. The molecule has 0 radical (unpaired) electrons. The molecular weight excluding hydrogens is 520 g/mol. The molecule has 1 aromatic rings. The molecule has 1 unspecified atom stereocenters. The van der Waals surface area contributed by atoms with E-state index in [-0.39, 0.29) is 24.4 Å². The van der Waals surface area contributed by atoms with Gasteiger partial charge in [0.25, 0.3) is 0 Å². The summed E-state index contributed by atoms with van der Waals surface area (Å²) >= 11 is 0. The highest BCUT2D eigenvalue weighted by molar-refractivity contribution is 5.95. The smallest absolute Gasteiger partial charge is 0.408 e. The number of fused-ring (bicyclic) bond motifs is 1. The summed E-state index contributed by atoms with van der Waals surface area (Å²) in [6.45, 7) is 11.3. The van der Waals surface area contributed by atoms with Crippen LogP contribution >= 0.6 is 0 Å². The Morgan fingerprint density at radius 1 is 0.951 bits per heavy atom. The highest BCUT2D eigenvalue weighted by atomic mass is 16.6. The van der Waals surface area contributed by atoms with Gasteiger partial charge in [0, 0.05) is 44.8 Å². The van der Waals surface area contributed by atoms with Gasteiger partial charge in [-0.15, -0.1) is 0 Å². The number of benzene rings is 1. The molecule has 5 rings (SSSR count). The van der Waals surface area contributed by atoms with Gasteiger partial charge in [-0.2, -0.15) is 0 Å². The van der Waals surface area contributed by atoms with Crippen molar-refractivity contribution in [2.24, 2.45) is 0 Å². The van der Waals surface area contributed by atoms with Crippen molar-refractivity contribution in [2.75, 3.05) is 44.2 Å². The lowest BCUT2D eigenvalue weighted by atomic mass is 9.98. The normalized spacial score (nSPS) is 22.6. The van der Waals surface area contributed by atoms with E-state index < -0.39 is 17.9 Å². The molecular formula is C31H48N6O4. The summed E-state index contributed by atoms with van der Waals surface area (Å²) in [5.41, 5.74) is 1.47. The van der Waals surface area contributed by atoms with E-state index in [1.54, 1.807) is 0 Å². The van der Waals surface area contributed by atoms with Crippen molar-refractivity contribution in [3.05, 3.63) is 29.8 Å². The summed E-state index contributed by atoms with van der Waals surface area (Å²) in [5.74, 6) is 0.0335. The zero-order chi connectivity index (χ0) is 29.0. The summed E-state index contributed by atoms with van der Waals surface area (Å²) in [7, 11) is 0. The molecule has 3 fully saturated rings. The Morgan fingerprint density at radius 2 is 1.61 bits per heavy atom. The number of amides is 4. The highest BCUT2D eigenvalue weighted by Gasteiger charge is 2.36. The van der Waals surface area contributed by atoms with Crippen molar-refractivity contribution in [3.8, 4) is 0 Å². The van der Waals surface area contributed by atoms with Crippen molar-refractivity contribution in [1.29, 1.82) is 0 Å². The predicted octanol–water partition coefficient (Wildman–Crippen LogP) is 3.90. The van der Waals surface area contributed by atoms with E-state index in [4.69, 9.17) is 4.74 Å². The van der Waals surface area contributed by atoms with Crippen LogP contribution in [0.1, 0.15) is 77.7 Å². The van der Waals surface area contributed by atoms with Crippen LogP contribution in [0.5, 0.6) is 0 Å². The molecule has 2 N–H and O–H groups in total. The first kappa shape index (κ1) is 29.6. The van der Waals surface area contributed by atoms with Gasteiger partial charge in [-0.3, -0.25) is 14.6 Å². The van der Waals surface area contributed by atoms with Crippen LogP contribution in [0.15, 0.2) is 24.3 Å². The van der Waals surface area contributed by atoms with Crippen LogP contribution in [-0.4, -0.2) is 95.9 Å². The first-order valence-electron chi connectivity index (χ1n) is 15.6. The fourth-order valence-corrected chi connectivity index (χ4v) is 6.85. The number of nitrogens with zero attached hydrogens (tertiary/aromatic N) is 4. The van der Waals surface area contributed by atoms with Crippen LogP contribution in [0.3, 0.4) is 0 Å². The summed E-state index contributed by atoms with van der Waals surface area (Å²) in [5, 5.41) is 6.01. The quantitative estimate of drug-likeness (QED) is 0.541. The van der Waals surface area contributed by atoms with Crippen LogP contribution in [0, 0.1) is 0 Å². The van der Waals surface area contributed by atoms with E-state index in [0.717, 1.165) is 50.0 Å². The third kappa shape index (κ3) is 7.52. The number of nitrogens with one attached hydrogen (secondary N) is 2. The molecule has 0 spiro atoms. The third-order valence-electron chi connectivity index (χ3n) is 8.98. The minimum absolute atomic E-state index is 0.0335. The standard InChI is InChI=1S/C31H48N6O4/c1-31(2,3)41-30(40)33-27(35-17-11-24(12-18-35)34-15-7-4-8-16-34)21-28(38)36-19-13-25(14-20-36)37-26-10-6-5-9-23(26)22-32-29(37)39/h5-6,9-10,24-25,27H,4,7-8,11-22H2,1-3H3,(H,32,39)(H,33,40). The summed E-state index contributed by atoms with van der Waals surface area (Å²) < 4.78 is 5.57. The lowest BCUT2D eigenvalue weighted by molar-refractivity contribution is -0.134. The Kier molecular flexibility index (Phi) is 9.38. The van der Waals surface area contributed by atoms with Gasteiger partial charge in [0.05, 0.1) is 18.3 Å². The molecule has 4 aliphatic rings. The van der Waals surface area contributed by atoms with Crippen LogP contribution in [0.4, 0.5) is 15.3 Å². The van der Waals surface area contributed by atoms with Gasteiger partial charge in [-0.25, -0.2) is 9.59 Å². The van der Waals surface area contributed by atoms with Gasteiger partial charge in [0.15, 0.2) is 0 Å². The Morgan fingerprint density at radius 3 is 2.29 bits per heavy atom. The van der Waals surface area contributed by atoms with Crippen molar-refractivity contribution >= 4 is 23.7 Å². The predicted molar refractivity (Wildman–Crippen MR) is 159 cm³/mol. The number of piperidine rings is 3. The Bertz CT molecular complexity index is 1070. The lowest BCUT2D eigenvalue weighted by Gasteiger charge is -2.43. The fourth-order valence-electron chi connectivity index (χ4n) is 6.85. The number of para-hydroxylation sites is 1. The van der Waals surface area contributed by atoms with Gasteiger partial charge in [-0.1, -0.05) is 24.6 Å². The number of hydrogen-bond donors (Lipinski definition) is 2. The maximum absolute atomic E-state index is 13.6. The third-order valence-corrected chi connectivity index (χ3v) is 8.98. The minimum atomic E-state index is -0.610. The molecule has 4 aliphatic heterocycles. The molecule has 10 nitrogen and oxygen atoms in total. The van der Waals surface area contributed by atoms with Crippen LogP contribution in [-0.2, 0) is 16.1 Å². The summed E-state index contributed by atoms with van der Waals surface area (Å²) in [6.07, 6.45) is 6.75. The number of urea groups is 1. The highest BCUT2D eigenvalue weighted by Crippen LogP contribution is 2.30. The van der Waals surface area contributed by atoms with E-state index >= 15 is 0 Å². The topological polar surface area (TPSA) is 97.5 Å². The van der Waals surface area contributed by atoms with E-state index in [2.05, 4.69) is 20.4 Å². The van der Waals surface area contributed by atoms with E-state index in [0.29, 0.717) is 25.7 Å². The van der Waals surface area contributed by atoms with Crippen molar-refractivity contribution < 1.29 is 19.1 Å². The fraction of sp³-hybridized carbons (Fsp3) is 0.710. The van der Waals surface area contributed by atoms with Crippen LogP contribution in [0.2, 0.25) is 0 Å². The molecule has 4 heterocycles. The average molecular weight is 569 g/mol. The lowest BCUT2D eigenvalue weighted by Crippen LogP contribution is -2.57. The monoisotopic (exact) mass is 568 g/mol. The van der Waals surface area contributed by atoms with Gasteiger partial charge in [0.2, 0.25) is 5.91 Å². The zero-order valence-electron chi connectivity index (χ0n) is 25.1. The van der Waals surface area contributed by atoms with Gasteiger partial charge >= 0.3 is 12.1 Å². The number of carbonyl (C=O) groups excluding carboxylic acids is 3. The van der Waals surface area contributed by atoms with Crippen LogP contribution in [0.25, 0.3) is 0 Å². The maximum atomic E-state index is 13.6. The molecule has 0 aliphatic carbocycles. The molecule has 4 amide bonds. The van der Waals surface area contributed by atoms with Gasteiger partial charge in [-0.05, 0) is 84.0 Å². The Labute approximate surface area is 244 Å². The summed E-state index contributed by atoms with van der Waals surface area (Å²) in [6, 6.07) is 8.58. The van der Waals surface area contributed by atoms with Crippen LogP contribution < -0.4 is 15.5 Å². The molecule has 0 saturated carbocycles. The number of alkyl carbamates (subject to hydrolysis) is 1. The molecule has 0 aromatic heterocycles. The zero-order valence-corrected chi connectivity index (χ0v) is 25.1. The SMILES string of the molecule is CC(C)(C)OC(=O)NC(CC(=O)N1CCC(N2C(=O)NCc3ccccc32)CC1)N1CCC(N2CCCCC2)CC1. The molecule has 1 atom stereocenters. The molecule has 0 bridgehead atoms. The number of anilines is 1. The largest absolute Gasteiger partial charge is 0.444 e. The number of hydrogen-bond acceptors (Lipinski definition) is 6.